The van der Waals surface area contributed by atoms with Crippen molar-refractivity contribution in [1.82, 2.24) is 19.7 Å². The van der Waals surface area contributed by atoms with Gasteiger partial charge in [-0.05, 0) is 37.8 Å². The fraction of sp³-hybridized carbons (Fsp3) is 0.500. The molecule has 0 aromatic carbocycles. The molecule has 1 aliphatic rings. The van der Waals surface area contributed by atoms with Crippen molar-refractivity contribution < 1.29 is 0 Å². The Morgan fingerprint density at radius 3 is 3.05 bits per heavy atom. The van der Waals surface area contributed by atoms with Crippen LogP contribution in [0.4, 0.5) is 5.82 Å². The van der Waals surface area contributed by atoms with Gasteiger partial charge in [-0.1, -0.05) is 0 Å². The number of aromatic nitrogens is 4. The molecule has 100 valence electrons. The Morgan fingerprint density at radius 2 is 2.32 bits per heavy atom. The zero-order valence-corrected chi connectivity index (χ0v) is 11.2. The van der Waals surface area contributed by atoms with E-state index in [1.807, 2.05) is 23.1 Å². The lowest BCUT2D eigenvalue weighted by Gasteiger charge is -2.06. The lowest BCUT2D eigenvalue weighted by Crippen LogP contribution is -2.08. The van der Waals surface area contributed by atoms with Gasteiger partial charge in [0.1, 0.15) is 11.6 Å². The van der Waals surface area contributed by atoms with E-state index >= 15 is 0 Å². The topological polar surface area (TPSA) is 55.6 Å². The average molecular weight is 257 g/mol. The first kappa shape index (κ1) is 12.1. The predicted molar refractivity (Wildman–Crippen MR) is 74.1 cm³/mol. The Kier molecular flexibility index (Phi) is 3.44. The van der Waals surface area contributed by atoms with Gasteiger partial charge in [0.05, 0.1) is 6.20 Å². The lowest BCUT2D eigenvalue weighted by molar-refractivity contribution is 0.591. The van der Waals surface area contributed by atoms with Crippen molar-refractivity contribution in [1.29, 1.82) is 0 Å². The monoisotopic (exact) mass is 257 g/mol. The SMILES string of the molecule is Cc1cnn(CCCNc2ccnc(C3CC3)n2)c1. The van der Waals surface area contributed by atoms with Crippen LogP contribution < -0.4 is 5.32 Å². The molecule has 1 fully saturated rings. The zero-order valence-electron chi connectivity index (χ0n) is 11.2. The Morgan fingerprint density at radius 1 is 1.42 bits per heavy atom. The molecule has 0 amide bonds. The molecule has 0 spiro atoms. The molecular formula is C14H19N5. The van der Waals surface area contributed by atoms with Gasteiger partial charge >= 0.3 is 0 Å². The summed E-state index contributed by atoms with van der Waals surface area (Å²) in [5.74, 6) is 2.54. The normalized spacial score (nSPS) is 14.6. The van der Waals surface area contributed by atoms with E-state index in [-0.39, 0.29) is 0 Å². The highest BCUT2D eigenvalue weighted by Gasteiger charge is 2.26. The zero-order chi connectivity index (χ0) is 13.1. The molecule has 5 heteroatoms. The van der Waals surface area contributed by atoms with E-state index in [0.29, 0.717) is 5.92 Å². The highest BCUT2D eigenvalue weighted by atomic mass is 15.3. The van der Waals surface area contributed by atoms with Gasteiger partial charge in [-0.25, -0.2) is 9.97 Å². The highest BCUT2D eigenvalue weighted by molar-refractivity contribution is 5.33. The maximum absolute atomic E-state index is 4.54. The second kappa shape index (κ2) is 5.38. The van der Waals surface area contributed by atoms with Crippen LogP contribution in [-0.4, -0.2) is 26.3 Å². The van der Waals surface area contributed by atoms with Crippen LogP contribution in [-0.2, 0) is 6.54 Å². The predicted octanol–water partition coefficient (Wildman–Crippen LogP) is 2.36. The van der Waals surface area contributed by atoms with Gasteiger partial charge in [0, 0.05) is 31.4 Å². The maximum atomic E-state index is 4.54. The summed E-state index contributed by atoms with van der Waals surface area (Å²) >= 11 is 0. The van der Waals surface area contributed by atoms with E-state index in [0.717, 1.165) is 31.2 Å². The van der Waals surface area contributed by atoms with Crippen LogP contribution in [0.1, 0.15) is 36.6 Å². The summed E-state index contributed by atoms with van der Waals surface area (Å²) in [7, 11) is 0. The van der Waals surface area contributed by atoms with Crippen molar-refractivity contribution in [2.45, 2.75) is 38.6 Å². The van der Waals surface area contributed by atoms with Gasteiger partial charge in [0.25, 0.3) is 0 Å². The van der Waals surface area contributed by atoms with E-state index in [4.69, 9.17) is 0 Å². The standard InChI is InChI=1S/C14H19N5/c1-11-9-17-19(10-11)8-2-6-15-13-5-7-16-14(18-13)12-3-4-12/h5,7,9-10,12H,2-4,6,8H2,1H3,(H,15,16,18). The molecule has 1 saturated carbocycles. The number of nitrogens with one attached hydrogen (secondary N) is 1. The van der Waals surface area contributed by atoms with Gasteiger partial charge in [0.15, 0.2) is 0 Å². The van der Waals surface area contributed by atoms with E-state index in [1.54, 1.807) is 0 Å². The van der Waals surface area contributed by atoms with Crippen molar-refractivity contribution in [3.63, 3.8) is 0 Å². The first-order valence-electron chi connectivity index (χ1n) is 6.87. The third kappa shape index (κ3) is 3.30. The van der Waals surface area contributed by atoms with Crippen LogP contribution in [0.2, 0.25) is 0 Å². The minimum atomic E-state index is 0.605. The van der Waals surface area contributed by atoms with Crippen LogP contribution in [0.25, 0.3) is 0 Å². The summed E-state index contributed by atoms with van der Waals surface area (Å²) in [6, 6.07) is 1.93. The summed E-state index contributed by atoms with van der Waals surface area (Å²) in [6.45, 7) is 3.89. The summed E-state index contributed by atoms with van der Waals surface area (Å²) < 4.78 is 1.98. The summed E-state index contributed by atoms with van der Waals surface area (Å²) in [4.78, 5) is 8.85. The second-order valence-corrected chi connectivity index (χ2v) is 5.14. The van der Waals surface area contributed by atoms with Crippen molar-refractivity contribution >= 4 is 5.82 Å². The Labute approximate surface area is 113 Å². The molecule has 2 heterocycles. The molecule has 0 saturated heterocycles. The molecule has 0 radical (unpaired) electrons. The highest BCUT2D eigenvalue weighted by Crippen LogP contribution is 2.37. The van der Waals surface area contributed by atoms with Crippen LogP contribution in [0, 0.1) is 6.92 Å². The third-order valence-electron chi connectivity index (χ3n) is 3.25. The number of anilines is 1. The lowest BCUT2D eigenvalue weighted by atomic mass is 10.3. The maximum Gasteiger partial charge on any atom is 0.133 e. The number of aryl methyl sites for hydroxylation is 2. The first-order chi connectivity index (χ1) is 9.31. The van der Waals surface area contributed by atoms with E-state index in [9.17, 15) is 0 Å². The number of hydrogen-bond acceptors (Lipinski definition) is 4. The molecule has 0 aliphatic heterocycles. The molecule has 0 bridgehead atoms. The minimum Gasteiger partial charge on any atom is -0.370 e. The van der Waals surface area contributed by atoms with Gasteiger partial charge in [-0.2, -0.15) is 5.10 Å². The quantitative estimate of drug-likeness (QED) is 0.807. The van der Waals surface area contributed by atoms with Gasteiger partial charge in [0.2, 0.25) is 0 Å². The molecule has 0 unspecified atom stereocenters. The van der Waals surface area contributed by atoms with Crippen molar-refractivity contribution in [3.8, 4) is 0 Å². The largest absolute Gasteiger partial charge is 0.370 e. The molecule has 5 nitrogen and oxygen atoms in total. The minimum absolute atomic E-state index is 0.605. The number of hydrogen-bond donors (Lipinski definition) is 1. The van der Waals surface area contributed by atoms with Crippen LogP contribution in [0.5, 0.6) is 0 Å². The Balaban J connectivity index is 1.45. The summed E-state index contributed by atoms with van der Waals surface area (Å²) in [5, 5.41) is 7.62. The molecule has 2 aromatic rings. The third-order valence-corrected chi connectivity index (χ3v) is 3.25. The first-order valence-corrected chi connectivity index (χ1v) is 6.87. The smallest absolute Gasteiger partial charge is 0.133 e. The van der Waals surface area contributed by atoms with Crippen LogP contribution in [0.3, 0.4) is 0 Å². The average Bonchev–Trinajstić information content (AvgIpc) is 3.19. The van der Waals surface area contributed by atoms with E-state index in [2.05, 4.69) is 33.5 Å². The van der Waals surface area contributed by atoms with Crippen LogP contribution >= 0.6 is 0 Å². The van der Waals surface area contributed by atoms with Gasteiger partial charge in [-0.3, -0.25) is 4.68 Å². The van der Waals surface area contributed by atoms with Crippen molar-refractivity contribution in [3.05, 3.63) is 36.0 Å². The van der Waals surface area contributed by atoms with E-state index in [1.165, 1.54) is 18.4 Å². The molecule has 1 N–H and O–H groups in total. The van der Waals surface area contributed by atoms with Crippen LogP contribution in [0.15, 0.2) is 24.7 Å². The fourth-order valence-corrected chi connectivity index (χ4v) is 2.06. The number of nitrogens with zero attached hydrogens (tertiary/aromatic N) is 4. The molecule has 1 aliphatic carbocycles. The fourth-order valence-electron chi connectivity index (χ4n) is 2.06. The Hall–Kier alpha value is -1.91. The van der Waals surface area contributed by atoms with Gasteiger partial charge in [-0.15, -0.1) is 0 Å². The molecule has 0 atom stereocenters. The molecular weight excluding hydrogens is 238 g/mol. The summed E-state index contributed by atoms with van der Waals surface area (Å²) in [5.41, 5.74) is 1.21. The Bertz CT molecular complexity index is 544. The van der Waals surface area contributed by atoms with Crippen molar-refractivity contribution in [2.75, 3.05) is 11.9 Å². The second-order valence-electron chi connectivity index (χ2n) is 5.14. The molecule has 3 rings (SSSR count). The molecule has 2 aromatic heterocycles. The van der Waals surface area contributed by atoms with Crippen molar-refractivity contribution in [2.24, 2.45) is 0 Å². The summed E-state index contributed by atoms with van der Waals surface area (Å²) in [6.07, 6.45) is 9.31. The van der Waals surface area contributed by atoms with E-state index < -0.39 is 0 Å². The van der Waals surface area contributed by atoms with Gasteiger partial charge < -0.3 is 5.32 Å². The molecule has 19 heavy (non-hydrogen) atoms. The number of rotatable bonds is 6.